The molecule has 1 heterocycles. The van der Waals surface area contributed by atoms with E-state index in [1.54, 1.807) is 11.8 Å². The fourth-order valence-corrected chi connectivity index (χ4v) is 8.01. The number of carbonyl (C=O) groups excluding carboxylic acids is 3. The van der Waals surface area contributed by atoms with Crippen LogP contribution in [-0.2, 0) is 20.9 Å². The molecule has 4 N–H and O–H groups in total. The fraction of sp³-hybridized carbons (Fsp3) is 0.640. The third-order valence-electron chi connectivity index (χ3n) is 9.24. The van der Waals surface area contributed by atoms with Crippen molar-refractivity contribution in [2.75, 3.05) is 6.54 Å². The van der Waals surface area contributed by atoms with Crippen molar-refractivity contribution in [1.82, 2.24) is 4.90 Å². The number of carbonyl (C=O) groups is 3. The lowest BCUT2D eigenvalue weighted by atomic mass is 9.42. The van der Waals surface area contributed by atoms with Crippen molar-refractivity contribution >= 4 is 17.7 Å². The highest BCUT2D eigenvalue weighted by Gasteiger charge is 2.63. The summed E-state index contributed by atoms with van der Waals surface area (Å²) in [5.74, 6) is 0.657. The third kappa shape index (κ3) is 3.01. The number of amides is 3. The van der Waals surface area contributed by atoms with Crippen molar-refractivity contribution in [3.63, 3.8) is 0 Å². The number of piperidine rings is 1. The minimum absolute atomic E-state index is 0.0653. The van der Waals surface area contributed by atoms with E-state index in [0.717, 1.165) is 44.1 Å². The van der Waals surface area contributed by atoms with Gasteiger partial charge in [0.15, 0.2) is 0 Å². The quantitative estimate of drug-likeness (QED) is 0.710. The zero-order valence-corrected chi connectivity index (χ0v) is 18.3. The highest BCUT2D eigenvalue weighted by atomic mass is 16.2. The van der Waals surface area contributed by atoms with Crippen molar-refractivity contribution in [2.24, 2.45) is 51.9 Å². The first-order valence-corrected chi connectivity index (χ1v) is 11.7. The van der Waals surface area contributed by atoms with Crippen LogP contribution in [0.2, 0.25) is 0 Å². The maximum Gasteiger partial charge on any atom is 0.238 e. The molecule has 5 fully saturated rings. The molecule has 5 aliphatic rings. The second-order valence-corrected chi connectivity index (χ2v) is 10.9. The maximum absolute atomic E-state index is 13.7. The number of primary amides is 2. The molecule has 3 amide bonds. The van der Waals surface area contributed by atoms with Gasteiger partial charge in [0, 0.05) is 18.5 Å². The number of hydrogen-bond donors (Lipinski definition) is 2. The van der Waals surface area contributed by atoms with E-state index in [9.17, 15) is 14.4 Å². The van der Waals surface area contributed by atoms with Crippen LogP contribution in [0.3, 0.4) is 0 Å². The maximum atomic E-state index is 13.7. The molecule has 1 aromatic carbocycles. The van der Waals surface area contributed by atoms with E-state index in [2.05, 4.69) is 0 Å². The molecule has 31 heavy (non-hydrogen) atoms. The fourth-order valence-electron chi connectivity index (χ4n) is 8.01. The minimum Gasteiger partial charge on any atom is -0.369 e. The highest BCUT2D eigenvalue weighted by Crippen LogP contribution is 2.65. The van der Waals surface area contributed by atoms with Crippen LogP contribution in [-0.4, -0.2) is 29.2 Å². The monoisotopic (exact) mass is 423 g/mol. The third-order valence-corrected chi connectivity index (χ3v) is 9.24. The molecular formula is C25H33N3O3. The van der Waals surface area contributed by atoms with Gasteiger partial charge in [0.1, 0.15) is 5.41 Å². The normalized spacial score (nSPS) is 41.4. The minimum atomic E-state index is -1.20. The van der Waals surface area contributed by atoms with Crippen LogP contribution in [0.1, 0.15) is 51.0 Å². The summed E-state index contributed by atoms with van der Waals surface area (Å²) in [4.78, 5) is 40.6. The van der Waals surface area contributed by atoms with Crippen LogP contribution in [0, 0.1) is 40.4 Å². The molecule has 4 bridgehead atoms. The summed E-state index contributed by atoms with van der Waals surface area (Å²) < 4.78 is 0. The Morgan fingerprint density at radius 2 is 1.68 bits per heavy atom. The zero-order valence-electron chi connectivity index (χ0n) is 18.3. The van der Waals surface area contributed by atoms with Gasteiger partial charge >= 0.3 is 0 Å². The van der Waals surface area contributed by atoms with Gasteiger partial charge in [-0.25, -0.2) is 0 Å². The molecule has 1 aliphatic heterocycles. The number of nitrogens with zero attached hydrogens (tertiary/aromatic N) is 1. The average Bonchev–Trinajstić information content (AvgIpc) is 2.72. The van der Waals surface area contributed by atoms with Gasteiger partial charge in [-0.15, -0.1) is 0 Å². The van der Waals surface area contributed by atoms with Gasteiger partial charge in [-0.2, -0.15) is 0 Å². The standard InChI is InChI=1S/C25H33N3O3/c1-24(21(26)29)19(7-8-28(23(24)31)14-15-5-3-2-4-6-15)20-17-9-16-10-18(20)13-25(11-16,12-17)22(27)30/h2-6,16-20H,7-14H2,1H3,(H2,26,29)(H2,27,30). The van der Waals surface area contributed by atoms with Gasteiger partial charge in [-0.3, -0.25) is 14.4 Å². The molecular weight excluding hydrogens is 390 g/mol. The van der Waals surface area contributed by atoms with Crippen LogP contribution in [0.4, 0.5) is 0 Å². The summed E-state index contributed by atoms with van der Waals surface area (Å²) in [5, 5.41) is 0. The predicted molar refractivity (Wildman–Crippen MR) is 116 cm³/mol. The van der Waals surface area contributed by atoms with Crippen molar-refractivity contribution in [2.45, 2.75) is 52.0 Å². The van der Waals surface area contributed by atoms with Gasteiger partial charge in [0.25, 0.3) is 0 Å². The van der Waals surface area contributed by atoms with Crippen LogP contribution < -0.4 is 11.5 Å². The van der Waals surface area contributed by atoms with Crippen molar-refractivity contribution in [3.05, 3.63) is 35.9 Å². The lowest BCUT2D eigenvalue weighted by molar-refractivity contribution is -0.177. The van der Waals surface area contributed by atoms with Gasteiger partial charge in [0.05, 0.1) is 0 Å². The number of likely N-dealkylation sites (tertiary alicyclic amines) is 1. The van der Waals surface area contributed by atoms with Crippen LogP contribution in [0.5, 0.6) is 0 Å². The van der Waals surface area contributed by atoms with Gasteiger partial charge < -0.3 is 16.4 Å². The first-order valence-electron chi connectivity index (χ1n) is 11.7. The Labute approximate surface area is 183 Å². The SMILES string of the molecule is CC1(C(N)=O)C(=O)N(Cc2ccccc2)CCC1C1C2CC3CC1CC(C(N)=O)(C3)C2. The first-order chi connectivity index (χ1) is 14.7. The lowest BCUT2D eigenvalue weighted by Crippen LogP contribution is -2.64. The second kappa shape index (κ2) is 7.07. The second-order valence-electron chi connectivity index (χ2n) is 10.9. The summed E-state index contributed by atoms with van der Waals surface area (Å²) in [7, 11) is 0. The topological polar surface area (TPSA) is 106 Å². The molecule has 4 atom stereocenters. The molecule has 0 aromatic heterocycles. The molecule has 6 rings (SSSR count). The lowest BCUT2D eigenvalue weighted by Gasteiger charge is -2.62. The van der Waals surface area contributed by atoms with E-state index < -0.39 is 11.3 Å². The molecule has 1 saturated heterocycles. The van der Waals surface area contributed by atoms with Crippen LogP contribution in [0.25, 0.3) is 0 Å². The number of hydrogen-bond acceptors (Lipinski definition) is 3. The average molecular weight is 424 g/mol. The smallest absolute Gasteiger partial charge is 0.238 e. The van der Waals surface area contributed by atoms with Gasteiger partial charge in [-0.05, 0) is 80.6 Å². The number of benzene rings is 1. The Kier molecular flexibility index (Phi) is 4.68. The molecule has 6 heteroatoms. The molecule has 0 radical (unpaired) electrons. The Balaban J connectivity index is 1.43. The zero-order chi connectivity index (χ0) is 22.0. The largest absolute Gasteiger partial charge is 0.369 e. The van der Waals surface area contributed by atoms with E-state index >= 15 is 0 Å². The molecule has 4 unspecified atom stereocenters. The van der Waals surface area contributed by atoms with Gasteiger partial charge in [-0.1, -0.05) is 30.3 Å². The van der Waals surface area contributed by atoms with Crippen LogP contribution >= 0.6 is 0 Å². The summed E-state index contributed by atoms with van der Waals surface area (Å²) in [6.45, 7) is 2.91. The molecule has 1 aromatic rings. The predicted octanol–water partition coefficient (Wildman–Crippen LogP) is 2.45. The molecule has 166 valence electrons. The molecule has 4 saturated carbocycles. The van der Waals surface area contributed by atoms with E-state index in [1.165, 1.54) is 0 Å². The van der Waals surface area contributed by atoms with E-state index in [4.69, 9.17) is 11.5 Å². The summed E-state index contributed by atoms with van der Waals surface area (Å²) in [5.41, 5.74) is 11.3. The van der Waals surface area contributed by atoms with Crippen molar-refractivity contribution in [3.8, 4) is 0 Å². The van der Waals surface area contributed by atoms with E-state index in [-0.39, 0.29) is 29.1 Å². The number of nitrogens with two attached hydrogens (primary N) is 2. The molecule has 6 nitrogen and oxygen atoms in total. The van der Waals surface area contributed by atoms with E-state index in [1.807, 2.05) is 30.3 Å². The van der Waals surface area contributed by atoms with Crippen molar-refractivity contribution < 1.29 is 14.4 Å². The number of rotatable bonds is 5. The summed E-state index contributed by atoms with van der Waals surface area (Å²) >= 11 is 0. The summed E-state index contributed by atoms with van der Waals surface area (Å²) in [6, 6.07) is 9.88. The Morgan fingerprint density at radius 3 is 2.26 bits per heavy atom. The molecule has 4 aliphatic carbocycles. The first kappa shape index (κ1) is 20.5. The van der Waals surface area contributed by atoms with Gasteiger partial charge in [0.2, 0.25) is 17.7 Å². The van der Waals surface area contributed by atoms with E-state index in [0.29, 0.717) is 30.8 Å². The Morgan fingerprint density at radius 1 is 1.03 bits per heavy atom. The molecule has 0 spiro atoms. The Hall–Kier alpha value is -2.37. The summed E-state index contributed by atoms with van der Waals surface area (Å²) in [6.07, 6.45) is 5.50. The Bertz CT molecular complexity index is 900. The van der Waals surface area contributed by atoms with Crippen LogP contribution in [0.15, 0.2) is 30.3 Å². The highest BCUT2D eigenvalue weighted by molar-refractivity contribution is 6.04. The van der Waals surface area contributed by atoms with Crippen molar-refractivity contribution in [1.29, 1.82) is 0 Å².